The Bertz CT molecular complexity index is 589. The van der Waals surface area contributed by atoms with Gasteiger partial charge < -0.3 is 0 Å². The second kappa shape index (κ2) is 7.69. The van der Waals surface area contributed by atoms with Gasteiger partial charge in [-0.15, -0.1) is 0 Å². The summed E-state index contributed by atoms with van der Waals surface area (Å²) in [6, 6.07) is 19.5. The molecule has 0 bridgehead atoms. The van der Waals surface area contributed by atoms with Gasteiger partial charge in [-0.25, -0.2) is 5.43 Å². The van der Waals surface area contributed by atoms with Crippen LogP contribution in [-0.4, -0.2) is 12.1 Å². The van der Waals surface area contributed by atoms with Crippen LogP contribution in [0.25, 0.3) is 6.08 Å². The molecule has 0 spiro atoms. The lowest BCUT2D eigenvalue weighted by Gasteiger charge is -1.98. The number of nitrogens with zero attached hydrogens (tertiary/aromatic N) is 1. The average Bonchev–Trinajstić information content (AvgIpc) is 2.49. The van der Waals surface area contributed by atoms with Crippen LogP contribution >= 0.6 is 0 Å². The van der Waals surface area contributed by atoms with E-state index in [0.29, 0.717) is 6.42 Å². The summed E-state index contributed by atoms with van der Waals surface area (Å²) in [5.41, 5.74) is 4.56. The van der Waals surface area contributed by atoms with Crippen molar-refractivity contribution >= 4 is 18.2 Å². The molecule has 2 aromatic carbocycles. The predicted molar refractivity (Wildman–Crippen MR) is 82.3 cm³/mol. The summed E-state index contributed by atoms with van der Waals surface area (Å²) in [6.07, 6.45) is 5.61. The number of rotatable bonds is 5. The maximum absolute atomic E-state index is 11.6. The smallest absolute Gasteiger partial charge is 0.244 e. The summed E-state index contributed by atoms with van der Waals surface area (Å²) in [5, 5.41) is 3.87. The maximum atomic E-state index is 11.6. The molecule has 20 heavy (non-hydrogen) atoms. The van der Waals surface area contributed by atoms with Crippen LogP contribution in [0, 0.1) is 0 Å². The lowest BCUT2D eigenvalue weighted by atomic mass is 10.1. The van der Waals surface area contributed by atoms with Gasteiger partial charge in [-0.3, -0.25) is 4.79 Å². The molecule has 0 aliphatic heterocycles. The second-order valence-corrected chi connectivity index (χ2v) is 4.25. The van der Waals surface area contributed by atoms with E-state index >= 15 is 0 Å². The number of amides is 1. The Hall–Kier alpha value is -2.68. The first kappa shape index (κ1) is 13.7. The third kappa shape index (κ3) is 4.90. The zero-order chi connectivity index (χ0) is 14.0. The fourth-order valence-electron chi connectivity index (χ4n) is 1.69. The molecule has 1 amide bonds. The van der Waals surface area contributed by atoms with Gasteiger partial charge in [0.25, 0.3) is 0 Å². The number of hydrazone groups is 1. The van der Waals surface area contributed by atoms with Crippen molar-refractivity contribution in [2.45, 2.75) is 6.42 Å². The fraction of sp³-hybridized carbons (Fsp3) is 0.0588. The lowest BCUT2D eigenvalue weighted by molar-refractivity contribution is -0.120. The van der Waals surface area contributed by atoms with Gasteiger partial charge in [-0.1, -0.05) is 66.7 Å². The molecule has 0 saturated heterocycles. The fourth-order valence-corrected chi connectivity index (χ4v) is 1.69. The SMILES string of the molecule is O=C(Cc1ccccc1)N/N=C\C=C\c1ccccc1. The molecule has 2 rings (SSSR count). The summed E-state index contributed by atoms with van der Waals surface area (Å²) >= 11 is 0. The maximum Gasteiger partial charge on any atom is 0.244 e. The summed E-state index contributed by atoms with van der Waals surface area (Å²) in [4.78, 5) is 11.6. The molecular weight excluding hydrogens is 248 g/mol. The van der Waals surface area contributed by atoms with Crippen molar-refractivity contribution in [2.75, 3.05) is 0 Å². The lowest BCUT2D eigenvalue weighted by Crippen LogP contribution is -2.19. The highest BCUT2D eigenvalue weighted by Crippen LogP contribution is 2.00. The summed E-state index contributed by atoms with van der Waals surface area (Å²) in [7, 11) is 0. The van der Waals surface area contributed by atoms with E-state index in [4.69, 9.17) is 0 Å². The van der Waals surface area contributed by atoms with E-state index in [1.807, 2.05) is 66.7 Å². The quantitative estimate of drug-likeness (QED) is 0.654. The Morgan fingerprint density at radius 3 is 2.35 bits per heavy atom. The molecule has 0 aliphatic rings. The molecule has 0 heterocycles. The van der Waals surface area contributed by atoms with Gasteiger partial charge >= 0.3 is 0 Å². The van der Waals surface area contributed by atoms with E-state index < -0.39 is 0 Å². The van der Waals surface area contributed by atoms with Crippen molar-refractivity contribution in [1.29, 1.82) is 0 Å². The van der Waals surface area contributed by atoms with Crippen molar-refractivity contribution in [1.82, 2.24) is 5.43 Å². The Morgan fingerprint density at radius 1 is 1.00 bits per heavy atom. The van der Waals surface area contributed by atoms with Crippen LogP contribution in [0.1, 0.15) is 11.1 Å². The highest BCUT2D eigenvalue weighted by Gasteiger charge is 1.99. The molecule has 0 aliphatic carbocycles. The first-order valence-electron chi connectivity index (χ1n) is 6.42. The minimum Gasteiger partial charge on any atom is -0.273 e. The number of benzene rings is 2. The van der Waals surface area contributed by atoms with Gasteiger partial charge in [-0.05, 0) is 17.2 Å². The normalized spacial score (nSPS) is 11.0. The van der Waals surface area contributed by atoms with Gasteiger partial charge in [0.1, 0.15) is 0 Å². The molecule has 0 atom stereocenters. The van der Waals surface area contributed by atoms with E-state index in [2.05, 4.69) is 10.5 Å². The van der Waals surface area contributed by atoms with Crippen molar-refractivity contribution in [3.8, 4) is 0 Å². The number of allylic oxidation sites excluding steroid dienone is 1. The Kier molecular flexibility index (Phi) is 5.28. The first-order chi connectivity index (χ1) is 9.84. The van der Waals surface area contributed by atoms with Crippen LogP contribution < -0.4 is 5.43 Å². The molecule has 100 valence electrons. The van der Waals surface area contributed by atoms with Gasteiger partial charge in [0.15, 0.2) is 0 Å². The number of carbonyl (C=O) groups excluding carboxylic acids is 1. The molecular formula is C17H16N2O. The molecule has 3 nitrogen and oxygen atoms in total. The highest BCUT2D eigenvalue weighted by molar-refractivity contribution is 5.82. The molecule has 2 aromatic rings. The Labute approximate surface area is 118 Å². The summed E-state index contributed by atoms with van der Waals surface area (Å²) in [6.45, 7) is 0. The van der Waals surface area contributed by atoms with Crippen LogP contribution in [-0.2, 0) is 11.2 Å². The molecule has 0 saturated carbocycles. The molecule has 0 fully saturated rings. The van der Waals surface area contributed by atoms with Crippen LogP contribution in [0.4, 0.5) is 0 Å². The van der Waals surface area contributed by atoms with Crippen LogP contribution in [0.5, 0.6) is 0 Å². The third-order valence-corrected chi connectivity index (χ3v) is 2.65. The summed E-state index contributed by atoms with van der Waals surface area (Å²) < 4.78 is 0. The molecule has 0 unspecified atom stereocenters. The minimum absolute atomic E-state index is 0.124. The minimum atomic E-state index is -0.124. The van der Waals surface area contributed by atoms with Gasteiger partial charge in [0, 0.05) is 6.21 Å². The highest BCUT2D eigenvalue weighted by atomic mass is 16.2. The van der Waals surface area contributed by atoms with E-state index in [1.165, 1.54) is 0 Å². The largest absolute Gasteiger partial charge is 0.273 e. The van der Waals surface area contributed by atoms with E-state index in [9.17, 15) is 4.79 Å². The van der Waals surface area contributed by atoms with Crippen molar-refractivity contribution in [3.63, 3.8) is 0 Å². The number of carbonyl (C=O) groups is 1. The van der Waals surface area contributed by atoms with Crippen LogP contribution in [0.3, 0.4) is 0 Å². The van der Waals surface area contributed by atoms with Crippen LogP contribution in [0.15, 0.2) is 71.8 Å². The zero-order valence-corrected chi connectivity index (χ0v) is 11.1. The number of nitrogens with one attached hydrogen (secondary N) is 1. The van der Waals surface area contributed by atoms with Crippen LogP contribution in [0.2, 0.25) is 0 Å². The zero-order valence-electron chi connectivity index (χ0n) is 11.1. The van der Waals surface area contributed by atoms with E-state index in [1.54, 1.807) is 12.3 Å². The third-order valence-electron chi connectivity index (χ3n) is 2.65. The second-order valence-electron chi connectivity index (χ2n) is 4.25. The molecule has 1 N–H and O–H groups in total. The monoisotopic (exact) mass is 264 g/mol. The molecule has 3 heteroatoms. The first-order valence-corrected chi connectivity index (χ1v) is 6.42. The Morgan fingerprint density at radius 2 is 1.65 bits per heavy atom. The van der Waals surface area contributed by atoms with E-state index in [0.717, 1.165) is 11.1 Å². The molecule has 0 radical (unpaired) electrons. The van der Waals surface area contributed by atoms with Crippen molar-refractivity contribution in [2.24, 2.45) is 5.10 Å². The number of hydrogen-bond acceptors (Lipinski definition) is 2. The molecule has 0 aromatic heterocycles. The van der Waals surface area contributed by atoms with Gasteiger partial charge in [0.05, 0.1) is 6.42 Å². The Balaban J connectivity index is 1.76. The van der Waals surface area contributed by atoms with Crippen molar-refractivity contribution in [3.05, 3.63) is 77.9 Å². The summed E-state index contributed by atoms with van der Waals surface area (Å²) in [5.74, 6) is -0.124. The number of hydrogen-bond donors (Lipinski definition) is 1. The van der Waals surface area contributed by atoms with E-state index in [-0.39, 0.29) is 5.91 Å². The van der Waals surface area contributed by atoms with Crippen molar-refractivity contribution < 1.29 is 4.79 Å². The standard InChI is InChI=1S/C17H16N2O/c20-17(14-16-10-5-2-6-11-16)19-18-13-7-12-15-8-3-1-4-9-15/h1-13H,14H2,(H,19,20)/b12-7+,18-13-. The van der Waals surface area contributed by atoms with Gasteiger partial charge in [0.2, 0.25) is 5.91 Å². The average molecular weight is 264 g/mol. The predicted octanol–water partition coefficient (Wildman–Crippen LogP) is 3.04. The van der Waals surface area contributed by atoms with Gasteiger partial charge in [-0.2, -0.15) is 5.10 Å². The topological polar surface area (TPSA) is 41.5 Å².